The second-order valence-electron chi connectivity index (χ2n) is 1.97. The molecule has 0 heterocycles. The molecule has 0 aliphatic heterocycles. The summed E-state index contributed by atoms with van der Waals surface area (Å²) in [6, 6.07) is 1.67. The van der Waals surface area contributed by atoms with E-state index in [1.54, 1.807) is 7.05 Å². The minimum absolute atomic E-state index is 0.0879. The molecule has 5 heteroatoms. The van der Waals surface area contributed by atoms with Crippen LogP contribution in [0.1, 0.15) is 6.42 Å². The van der Waals surface area contributed by atoms with Gasteiger partial charge in [-0.25, -0.2) is 0 Å². The zero-order valence-electron chi connectivity index (χ0n) is 6.29. The first-order valence-corrected chi connectivity index (χ1v) is 3.61. The fourth-order valence-corrected chi connectivity index (χ4v) is 0.696. The van der Waals surface area contributed by atoms with Crippen molar-refractivity contribution < 1.29 is 5.11 Å². The molecule has 0 bridgehead atoms. The molecule has 62 valence electrons. The first kappa shape index (κ1) is 10.1. The largest absolute Gasteiger partial charge is 0.394 e. The molecule has 0 saturated carbocycles. The van der Waals surface area contributed by atoms with Gasteiger partial charge in [-0.1, -0.05) is 0 Å². The maximum atomic E-state index is 8.70. The number of aliphatic hydroxyl groups is 1. The number of thiocarbonyl (C=S) groups is 1. The Kier molecular flexibility index (Phi) is 5.43. The number of hydrogen-bond acceptors (Lipinski definition) is 3. The lowest BCUT2D eigenvalue weighted by Gasteiger charge is -2.13. The van der Waals surface area contributed by atoms with Crippen LogP contribution in [0.25, 0.3) is 0 Å². The topological polar surface area (TPSA) is 68.1 Å². The van der Waals surface area contributed by atoms with Crippen molar-refractivity contribution in [1.82, 2.24) is 10.6 Å². The van der Waals surface area contributed by atoms with E-state index in [1.807, 2.05) is 6.07 Å². The van der Waals surface area contributed by atoms with Crippen LogP contribution in [0, 0.1) is 11.3 Å². The summed E-state index contributed by atoms with van der Waals surface area (Å²) < 4.78 is 0. The maximum Gasteiger partial charge on any atom is 0.166 e. The van der Waals surface area contributed by atoms with Gasteiger partial charge in [0.25, 0.3) is 0 Å². The molecule has 11 heavy (non-hydrogen) atoms. The van der Waals surface area contributed by atoms with Crippen LogP contribution in [0.2, 0.25) is 0 Å². The number of hydrogen-bond donors (Lipinski definition) is 3. The molecule has 1 atom stereocenters. The lowest BCUT2D eigenvalue weighted by Crippen LogP contribution is -2.42. The maximum absolute atomic E-state index is 8.70. The van der Waals surface area contributed by atoms with E-state index in [9.17, 15) is 0 Å². The summed E-state index contributed by atoms with van der Waals surface area (Å²) in [4.78, 5) is 0. The van der Waals surface area contributed by atoms with Gasteiger partial charge in [-0.15, -0.1) is 0 Å². The Labute approximate surface area is 71.2 Å². The van der Waals surface area contributed by atoms with Crippen LogP contribution < -0.4 is 10.6 Å². The standard InChI is InChI=1S/C6H11N3OS/c1-8-6(11)9-5(4-10)2-3-7/h5,10H,2,4H2,1H3,(H2,8,9,11). The number of nitrogens with zero attached hydrogens (tertiary/aromatic N) is 1. The zero-order valence-corrected chi connectivity index (χ0v) is 7.11. The van der Waals surface area contributed by atoms with Crippen LogP contribution in [0.15, 0.2) is 0 Å². The van der Waals surface area contributed by atoms with Crippen LogP contribution in [-0.4, -0.2) is 29.9 Å². The van der Waals surface area contributed by atoms with Crippen LogP contribution in [0.4, 0.5) is 0 Å². The molecule has 0 aliphatic carbocycles. The first-order chi connectivity index (χ1) is 5.24. The average Bonchev–Trinajstić information content (AvgIpc) is 2.03. The van der Waals surface area contributed by atoms with E-state index in [-0.39, 0.29) is 19.1 Å². The fourth-order valence-electron chi connectivity index (χ4n) is 0.529. The Hall–Kier alpha value is -0.860. The van der Waals surface area contributed by atoms with Crippen molar-refractivity contribution in [3.05, 3.63) is 0 Å². The summed E-state index contributed by atoms with van der Waals surface area (Å²) in [7, 11) is 1.68. The summed E-state index contributed by atoms with van der Waals surface area (Å²) in [6.07, 6.45) is 0.248. The lowest BCUT2D eigenvalue weighted by atomic mass is 10.2. The number of nitriles is 1. The van der Waals surface area contributed by atoms with Crippen molar-refractivity contribution in [2.24, 2.45) is 0 Å². The number of nitrogens with one attached hydrogen (secondary N) is 2. The van der Waals surface area contributed by atoms with E-state index in [2.05, 4.69) is 10.6 Å². The Morgan fingerprint density at radius 2 is 2.45 bits per heavy atom. The van der Waals surface area contributed by atoms with Gasteiger partial charge in [0.15, 0.2) is 5.11 Å². The zero-order chi connectivity index (χ0) is 8.69. The van der Waals surface area contributed by atoms with Gasteiger partial charge in [-0.05, 0) is 12.2 Å². The Balaban J connectivity index is 3.70. The monoisotopic (exact) mass is 173 g/mol. The van der Waals surface area contributed by atoms with Crippen LogP contribution >= 0.6 is 12.2 Å². The molecule has 0 amide bonds. The average molecular weight is 173 g/mol. The van der Waals surface area contributed by atoms with Crippen molar-refractivity contribution in [3.8, 4) is 6.07 Å². The molecule has 0 fully saturated rings. The molecular formula is C6H11N3OS. The van der Waals surface area contributed by atoms with Gasteiger partial charge < -0.3 is 15.7 Å². The Morgan fingerprint density at radius 1 is 1.82 bits per heavy atom. The van der Waals surface area contributed by atoms with Gasteiger partial charge in [0.05, 0.1) is 25.1 Å². The summed E-state index contributed by atoms with van der Waals surface area (Å²) in [6.45, 7) is -0.0879. The third-order valence-electron chi connectivity index (χ3n) is 1.12. The molecule has 1 unspecified atom stereocenters. The molecule has 0 radical (unpaired) electrons. The van der Waals surface area contributed by atoms with Crippen molar-refractivity contribution in [2.75, 3.05) is 13.7 Å². The molecular weight excluding hydrogens is 162 g/mol. The second-order valence-corrected chi connectivity index (χ2v) is 2.37. The van der Waals surface area contributed by atoms with Gasteiger partial charge >= 0.3 is 0 Å². The van der Waals surface area contributed by atoms with E-state index in [1.165, 1.54) is 0 Å². The van der Waals surface area contributed by atoms with Crippen molar-refractivity contribution in [2.45, 2.75) is 12.5 Å². The van der Waals surface area contributed by atoms with Crippen molar-refractivity contribution in [3.63, 3.8) is 0 Å². The molecule has 0 spiro atoms. The summed E-state index contributed by atoms with van der Waals surface area (Å²) >= 11 is 4.77. The fraction of sp³-hybridized carbons (Fsp3) is 0.667. The van der Waals surface area contributed by atoms with Gasteiger partial charge in [0.2, 0.25) is 0 Å². The van der Waals surface area contributed by atoms with E-state index < -0.39 is 0 Å². The van der Waals surface area contributed by atoms with Crippen molar-refractivity contribution >= 4 is 17.3 Å². The smallest absolute Gasteiger partial charge is 0.166 e. The van der Waals surface area contributed by atoms with Crippen LogP contribution in [-0.2, 0) is 0 Å². The highest BCUT2D eigenvalue weighted by molar-refractivity contribution is 7.80. The molecule has 4 nitrogen and oxygen atoms in total. The molecule has 3 N–H and O–H groups in total. The molecule has 0 aromatic heterocycles. The Bertz CT molecular complexity index is 166. The molecule has 0 aromatic rings. The highest BCUT2D eigenvalue weighted by Gasteiger charge is 2.05. The SMILES string of the molecule is CNC(=S)NC(CO)CC#N. The van der Waals surface area contributed by atoms with E-state index in [4.69, 9.17) is 22.6 Å². The minimum Gasteiger partial charge on any atom is -0.394 e. The molecule has 0 aliphatic rings. The van der Waals surface area contributed by atoms with Crippen LogP contribution in [0.5, 0.6) is 0 Å². The van der Waals surface area contributed by atoms with Crippen LogP contribution in [0.3, 0.4) is 0 Å². The number of aliphatic hydroxyl groups excluding tert-OH is 1. The van der Waals surface area contributed by atoms with Gasteiger partial charge in [-0.2, -0.15) is 5.26 Å². The first-order valence-electron chi connectivity index (χ1n) is 3.20. The quantitative estimate of drug-likeness (QED) is 0.495. The van der Waals surface area contributed by atoms with Crippen molar-refractivity contribution in [1.29, 1.82) is 5.26 Å². The molecule has 0 rings (SSSR count). The highest BCUT2D eigenvalue weighted by Crippen LogP contribution is 1.87. The predicted molar refractivity (Wildman–Crippen MR) is 45.9 cm³/mol. The summed E-state index contributed by atoms with van der Waals surface area (Å²) in [5.74, 6) is 0. The summed E-state index contributed by atoms with van der Waals surface area (Å²) in [5.41, 5.74) is 0. The van der Waals surface area contributed by atoms with Gasteiger partial charge in [0, 0.05) is 7.05 Å². The number of rotatable bonds is 3. The lowest BCUT2D eigenvalue weighted by molar-refractivity contribution is 0.257. The van der Waals surface area contributed by atoms with Gasteiger partial charge in [0.1, 0.15) is 0 Å². The Morgan fingerprint density at radius 3 is 2.82 bits per heavy atom. The van der Waals surface area contributed by atoms with E-state index in [0.29, 0.717) is 5.11 Å². The normalized spacial score (nSPS) is 11.4. The van der Waals surface area contributed by atoms with E-state index >= 15 is 0 Å². The van der Waals surface area contributed by atoms with E-state index in [0.717, 1.165) is 0 Å². The summed E-state index contributed by atoms with van der Waals surface area (Å²) in [5, 5.41) is 22.9. The molecule has 0 saturated heterocycles. The molecule has 0 aromatic carbocycles. The highest BCUT2D eigenvalue weighted by atomic mass is 32.1. The third-order valence-corrected chi connectivity index (χ3v) is 1.44. The van der Waals surface area contributed by atoms with Gasteiger partial charge in [-0.3, -0.25) is 0 Å². The third kappa shape index (κ3) is 4.53. The minimum atomic E-state index is -0.264. The second kappa shape index (κ2) is 5.89. The predicted octanol–water partition coefficient (Wildman–Crippen LogP) is -0.645.